The third kappa shape index (κ3) is 1.93. The minimum Gasteiger partial charge on any atom is -0.395 e. The minimum absolute atomic E-state index is 0.150. The Bertz CT molecular complexity index is 193. The number of nitrogens with one attached hydrogen (secondary N) is 1. The summed E-state index contributed by atoms with van der Waals surface area (Å²) >= 11 is 0. The van der Waals surface area contributed by atoms with Crippen LogP contribution in [-0.4, -0.2) is 37.0 Å². The molecule has 2 heterocycles. The fourth-order valence-corrected chi connectivity index (χ4v) is 2.21. The van der Waals surface area contributed by atoms with Gasteiger partial charge in [0.1, 0.15) is 0 Å². The molecule has 1 fully saturated rings. The van der Waals surface area contributed by atoms with Crippen molar-refractivity contribution < 1.29 is 9.84 Å². The monoisotopic (exact) mass is 183 g/mol. The van der Waals surface area contributed by atoms with E-state index < -0.39 is 0 Å². The van der Waals surface area contributed by atoms with Gasteiger partial charge >= 0.3 is 0 Å². The molecule has 2 aliphatic heterocycles. The second kappa shape index (κ2) is 4.22. The van der Waals surface area contributed by atoms with E-state index in [-0.39, 0.29) is 18.8 Å². The van der Waals surface area contributed by atoms with Crippen LogP contribution in [0.5, 0.6) is 0 Å². The van der Waals surface area contributed by atoms with Crippen LogP contribution >= 0.6 is 0 Å². The summed E-state index contributed by atoms with van der Waals surface area (Å²) in [4.78, 5) is 0. The smallest absolute Gasteiger partial charge is 0.0795 e. The highest BCUT2D eigenvalue weighted by Crippen LogP contribution is 2.24. The number of aliphatic hydroxyl groups excluding tert-OH is 1. The SMILES string of the molecule is OCC1NCC2CCC=CCOC21. The van der Waals surface area contributed by atoms with E-state index in [2.05, 4.69) is 17.5 Å². The Hall–Kier alpha value is -0.380. The van der Waals surface area contributed by atoms with Crippen molar-refractivity contribution in [2.45, 2.75) is 25.0 Å². The number of ether oxygens (including phenoxy) is 1. The van der Waals surface area contributed by atoms with Gasteiger partial charge in [-0.15, -0.1) is 0 Å². The van der Waals surface area contributed by atoms with Crippen molar-refractivity contribution >= 4 is 0 Å². The van der Waals surface area contributed by atoms with Crippen LogP contribution in [0.2, 0.25) is 0 Å². The zero-order valence-electron chi connectivity index (χ0n) is 7.78. The number of aliphatic hydroxyl groups is 1. The van der Waals surface area contributed by atoms with Gasteiger partial charge in [0.05, 0.1) is 25.4 Å². The first-order chi connectivity index (χ1) is 6.42. The molecule has 1 saturated heterocycles. The Labute approximate surface area is 78.8 Å². The summed E-state index contributed by atoms with van der Waals surface area (Å²) in [5, 5.41) is 12.4. The van der Waals surface area contributed by atoms with Crippen molar-refractivity contribution in [1.82, 2.24) is 5.32 Å². The van der Waals surface area contributed by atoms with Crippen molar-refractivity contribution in [1.29, 1.82) is 0 Å². The van der Waals surface area contributed by atoms with Gasteiger partial charge in [-0.05, 0) is 18.8 Å². The normalized spacial score (nSPS) is 39.6. The third-order valence-corrected chi connectivity index (χ3v) is 2.96. The molecule has 3 atom stereocenters. The Morgan fingerprint density at radius 3 is 3.23 bits per heavy atom. The summed E-state index contributed by atoms with van der Waals surface area (Å²) in [6.45, 7) is 1.87. The first-order valence-electron chi connectivity index (χ1n) is 5.02. The van der Waals surface area contributed by atoms with E-state index in [0.717, 1.165) is 13.0 Å². The topological polar surface area (TPSA) is 41.5 Å². The van der Waals surface area contributed by atoms with Gasteiger partial charge in [0.2, 0.25) is 0 Å². The van der Waals surface area contributed by atoms with Gasteiger partial charge in [-0.2, -0.15) is 0 Å². The van der Waals surface area contributed by atoms with Gasteiger partial charge in [-0.3, -0.25) is 0 Å². The van der Waals surface area contributed by atoms with Crippen LogP contribution in [0.4, 0.5) is 0 Å². The van der Waals surface area contributed by atoms with E-state index in [9.17, 15) is 0 Å². The minimum atomic E-state index is 0.150. The van der Waals surface area contributed by atoms with Crippen LogP contribution in [0.25, 0.3) is 0 Å². The lowest BCUT2D eigenvalue weighted by Gasteiger charge is -2.23. The first kappa shape index (κ1) is 9.19. The molecule has 0 bridgehead atoms. The molecule has 0 radical (unpaired) electrons. The first-order valence-corrected chi connectivity index (χ1v) is 5.02. The van der Waals surface area contributed by atoms with Gasteiger partial charge in [-0.1, -0.05) is 12.2 Å². The summed E-state index contributed by atoms with van der Waals surface area (Å²) in [6.07, 6.45) is 6.79. The zero-order chi connectivity index (χ0) is 9.10. The molecule has 0 saturated carbocycles. The highest BCUT2D eigenvalue weighted by Gasteiger charge is 2.35. The molecule has 13 heavy (non-hydrogen) atoms. The lowest BCUT2D eigenvalue weighted by molar-refractivity contribution is 0.0177. The number of hydrogen-bond acceptors (Lipinski definition) is 3. The molecule has 0 spiro atoms. The van der Waals surface area contributed by atoms with E-state index in [1.54, 1.807) is 0 Å². The molecule has 3 heteroatoms. The molecule has 2 rings (SSSR count). The lowest BCUT2D eigenvalue weighted by atomic mass is 9.96. The summed E-state index contributed by atoms with van der Waals surface area (Å²) in [7, 11) is 0. The predicted molar refractivity (Wildman–Crippen MR) is 50.5 cm³/mol. The van der Waals surface area contributed by atoms with Crippen LogP contribution in [0.1, 0.15) is 12.8 Å². The highest BCUT2D eigenvalue weighted by molar-refractivity contribution is 4.95. The standard InChI is InChI=1S/C10H17NO2/c12-7-9-10-8(6-11-9)4-2-1-3-5-13-10/h1,3,8-12H,2,4-7H2. The Morgan fingerprint density at radius 1 is 1.46 bits per heavy atom. The van der Waals surface area contributed by atoms with E-state index in [4.69, 9.17) is 9.84 Å². The average Bonchev–Trinajstić information content (AvgIpc) is 2.46. The van der Waals surface area contributed by atoms with Crippen LogP contribution in [0.3, 0.4) is 0 Å². The van der Waals surface area contributed by atoms with Gasteiger partial charge < -0.3 is 15.2 Å². The highest BCUT2D eigenvalue weighted by atomic mass is 16.5. The molecule has 2 N–H and O–H groups in total. The number of rotatable bonds is 1. The molecule has 3 nitrogen and oxygen atoms in total. The fourth-order valence-electron chi connectivity index (χ4n) is 2.21. The maximum absolute atomic E-state index is 9.11. The van der Waals surface area contributed by atoms with E-state index >= 15 is 0 Å². The molecule has 0 aliphatic carbocycles. The summed E-state index contributed by atoms with van der Waals surface area (Å²) in [6, 6.07) is 0.150. The number of hydrogen-bond donors (Lipinski definition) is 2. The van der Waals surface area contributed by atoms with Gasteiger partial charge in [0, 0.05) is 6.54 Å². The summed E-state index contributed by atoms with van der Waals surface area (Å²) in [5.41, 5.74) is 0. The third-order valence-electron chi connectivity index (χ3n) is 2.96. The zero-order valence-corrected chi connectivity index (χ0v) is 7.78. The molecule has 74 valence electrons. The molecule has 3 unspecified atom stereocenters. The lowest BCUT2D eigenvalue weighted by Crippen LogP contribution is -2.37. The van der Waals surface area contributed by atoms with Crippen molar-refractivity contribution in [2.24, 2.45) is 5.92 Å². The number of fused-ring (bicyclic) bond motifs is 1. The average molecular weight is 183 g/mol. The van der Waals surface area contributed by atoms with Crippen LogP contribution < -0.4 is 5.32 Å². The molecular weight excluding hydrogens is 166 g/mol. The van der Waals surface area contributed by atoms with Crippen molar-refractivity contribution in [2.75, 3.05) is 19.8 Å². The Balaban J connectivity index is 2.01. The largest absolute Gasteiger partial charge is 0.395 e. The van der Waals surface area contributed by atoms with Gasteiger partial charge in [0.15, 0.2) is 0 Å². The molecular formula is C10H17NO2. The maximum atomic E-state index is 9.11. The molecule has 2 aliphatic rings. The Morgan fingerprint density at radius 2 is 2.38 bits per heavy atom. The van der Waals surface area contributed by atoms with E-state index in [1.165, 1.54) is 6.42 Å². The van der Waals surface area contributed by atoms with Crippen molar-refractivity contribution in [3.8, 4) is 0 Å². The maximum Gasteiger partial charge on any atom is 0.0795 e. The van der Waals surface area contributed by atoms with Crippen LogP contribution in [-0.2, 0) is 4.74 Å². The van der Waals surface area contributed by atoms with Gasteiger partial charge in [0.25, 0.3) is 0 Å². The van der Waals surface area contributed by atoms with Crippen molar-refractivity contribution in [3.05, 3.63) is 12.2 Å². The predicted octanol–water partition coefficient (Wildman–Crippen LogP) is 0.302. The van der Waals surface area contributed by atoms with Crippen LogP contribution in [0, 0.1) is 5.92 Å². The summed E-state index contributed by atoms with van der Waals surface area (Å²) in [5.74, 6) is 0.585. The fraction of sp³-hybridized carbons (Fsp3) is 0.800. The van der Waals surface area contributed by atoms with E-state index in [0.29, 0.717) is 12.5 Å². The summed E-state index contributed by atoms with van der Waals surface area (Å²) < 4.78 is 5.70. The molecule has 0 aromatic rings. The second-order valence-electron chi connectivity index (χ2n) is 3.80. The van der Waals surface area contributed by atoms with Crippen molar-refractivity contribution in [3.63, 3.8) is 0 Å². The molecule has 0 aromatic heterocycles. The number of allylic oxidation sites excluding steroid dienone is 1. The van der Waals surface area contributed by atoms with Gasteiger partial charge in [-0.25, -0.2) is 0 Å². The van der Waals surface area contributed by atoms with Crippen LogP contribution in [0.15, 0.2) is 12.2 Å². The molecule has 0 aromatic carbocycles. The van der Waals surface area contributed by atoms with E-state index in [1.807, 2.05) is 0 Å². The quantitative estimate of drug-likeness (QED) is 0.575. The molecule has 0 amide bonds. The Kier molecular flexibility index (Phi) is 2.98. The second-order valence-corrected chi connectivity index (χ2v) is 3.80.